The van der Waals surface area contributed by atoms with Crippen LogP contribution < -0.4 is 10.2 Å². The highest BCUT2D eigenvalue weighted by molar-refractivity contribution is 8.02. The van der Waals surface area contributed by atoms with E-state index in [2.05, 4.69) is 5.32 Å². The molecule has 2 saturated heterocycles. The number of ether oxygens (including phenoxy) is 1. The summed E-state index contributed by atoms with van der Waals surface area (Å²) in [6, 6.07) is 6.80. The summed E-state index contributed by atoms with van der Waals surface area (Å²) in [6.07, 6.45) is 0.571. The fourth-order valence-electron chi connectivity index (χ4n) is 3.30. The van der Waals surface area contributed by atoms with Gasteiger partial charge in [0.25, 0.3) is 5.91 Å². The van der Waals surface area contributed by atoms with Gasteiger partial charge in [-0.3, -0.25) is 19.4 Å². The van der Waals surface area contributed by atoms with Crippen LogP contribution in [0.4, 0.5) is 10.5 Å². The van der Waals surface area contributed by atoms with Gasteiger partial charge in [-0.15, -0.1) is 0 Å². The van der Waals surface area contributed by atoms with E-state index in [1.807, 2.05) is 18.2 Å². The van der Waals surface area contributed by atoms with E-state index in [-0.39, 0.29) is 18.9 Å². The summed E-state index contributed by atoms with van der Waals surface area (Å²) in [6.45, 7) is 0.119. The van der Waals surface area contributed by atoms with Gasteiger partial charge in [0.1, 0.15) is 0 Å². The lowest BCUT2D eigenvalue weighted by atomic mass is 10.2. The molecule has 130 valence electrons. The van der Waals surface area contributed by atoms with Crippen molar-refractivity contribution in [3.8, 4) is 0 Å². The molecular formula is C16H15N3O5S. The summed E-state index contributed by atoms with van der Waals surface area (Å²) < 4.78 is 5.21. The van der Waals surface area contributed by atoms with Gasteiger partial charge in [-0.2, -0.15) is 0 Å². The molecule has 25 heavy (non-hydrogen) atoms. The Kier molecular flexibility index (Phi) is 3.68. The first-order valence-electron chi connectivity index (χ1n) is 7.89. The number of fused-ring (bicyclic) bond motifs is 3. The van der Waals surface area contributed by atoms with Crippen molar-refractivity contribution < 1.29 is 23.9 Å². The number of para-hydroxylation sites is 1. The molecule has 0 aromatic heterocycles. The Hall–Kier alpha value is -2.55. The van der Waals surface area contributed by atoms with Crippen LogP contribution in [0, 0.1) is 0 Å². The Labute approximate surface area is 147 Å². The Morgan fingerprint density at radius 2 is 2.08 bits per heavy atom. The lowest BCUT2D eigenvalue weighted by molar-refractivity contribution is -0.152. The molecule has 2 fully saturated rings. The number of rotatable bonds is 3. The number of hydrogen-bond acceptors (Lipinski definition) is 6. The minimum Gasteiger partial charge on any atom is -0.453 e. The van der Waals surface area contributed by atoms with Crippen LogP contribution in [0.5, 0.6) is 0 Å². The maximum absolute atomic E-state index is 12.8. The average molecular weight is 361 g/mol. The molecule has 4 amide bonds. The van der Waals surface area contributed by atoms with Crippen molar-refractivity contribution in [2.24, 2.45) is 0 Å². The van der Waals surface area contributed by atoms with Gasteiger partial charge in [-0.05, 0) is 12.1 Å². The zero-order valence-electron chi connectivity index (χ0n) is 13.2. The first-order chi connectivity index (χ1) is 12.0. The topological polar surface area (TPSA) is 96.0 Å². The molecule has 1 aromatic carbocycles. The second-order valence-corrected chi connectivity index (χ2v) is 7.26. The second kappa shape index (κ2) is 5.76. The molecule has 1 aromatic rings. The molecule has 9 heteroatoms. The summed E-state index contributed by atoms with van der Waals surface area (Å²) >= 11 is 1.28. The number of carbonyl (C=O) groups is 4. The van der Waals surface area contributed by atoms with Crippen LogP contribution in [0.3, 0.4) is 0 Å². The van der Waals surface area contributed by atoms with Crippen molar-refractivity contribution >= 4 is 41.3 Å². The summed E-state index contributed by atoms with van der Waals surface area (Å²) in [5, 5.41) is 2.52. The number of amides is 4. The van der Waals surface area contributed by atoms with Crippen molar-refractivity contribution in [2.75, 3.05) is 24.6 Å². The standard InChI is InChI=1S/C16H15N3O5S/c20-12-5-6-16(19(12)10-3-1-2-4-11(10)25-16)14(22)24-9-13(21)18-8-7-17-15(18)23/h1-4H,5-9H2,(H,17,23). The normalized spacial score (nSPS) is 24.2. The van der Waals surface area contributed by atoms with E-state index in [4.69, 9.17) is 4.74 Å². The number of imide groups is 1. The SMILES string of the molecule is O=C(COC(=O)C12CCC(=O)N1c1ccccc1S2)N1CCNC1=O. The summed E-state index contributed by atoms with van der Waals surface area (Å²) in [5.41, 5.74) is 0.692. The van der Waals surface area contributed by atoms with Gasteiger partial charge < -0.3 is 10.1 Å². The second-order valence-electron chi connectivity index (χ2n) is 5.94. The van der Waals surface area contributed by atoms with E-state index in [9.17, 15) is 19.2 Å². The fraction of sp³-hybridized carbons (Fsp3) is 0.375. The number of esters is 1. The molecule has 0 bridgehead atoms. The third-order valence-electron chi connectivity index (χ3n) is 4.48. The Bertz CT molecular complexity index is 798. The van der Waals surface area contributed by atoms with E-state index in [0.717, 1.165) is 9.80 Å². The van der Waals surface area contributed by atoms with Crippen molar-refractivity contribution in [3.05, 3.63) is 24.3 Å². The Morgan fingerprint density at radius 3 is 2.84 bits per heavy atom. The van der Waals surface area contributed by atoms with Gasteiger partial charge in [-0.25, -0.2) is 9.59 Å². The fourth-order valence-corrected chi connectivity index (χ4v) is 4.71. The molecule has 3 heterocycles. The Balaban J connectivity index is 1.51. The number of thioether (sulfide) groups is 1. The van der Waals surface area contributed by atoms with Crippen LogP contribution in [0.1, 0.15) is 12.8 Å². The van der Waals surface area contributed by atoms with Crippen LogP contribution in [0.15, 0.2) is 29.2 Å². The van der Waals surface area contributed by atoms with Crippen molar-refractivity contribution in [3.63, 3.8) is 0 Å². The molecule has 0 saturated carbocycles. The summed E-state index contributed by atoms with van der Waals surface area (Å²) in [4.78, 5) is 50.7. The predicted molar refractivity (Wildman–Crippen MR) is 87.8 cm³/mol. The molecule has 0 aliphatic carbocycles. The van der Waals surface area contributed by atoms with Crippen LogP contribution in [-0.4, -0.2) is 53.3 Å². The highest BCUT2D eigenvalue weighted by atomic mass is 32.2. The summed E-state index contributed by atoms with van der Waals surface area (Å²) in [5.74, 6) is -1.34. The van der Waals surface area contributed by atoms with Crippen molar-refractivity contribution in [1.82, 2.24) is 10.2 Å². The number of carbonyl (C=O) groups excluding carboxylic acids is 4. The van der Waals surface area contributed by atoms with Crippen LogP contribution in [-0.2, 0) is 19.1 Å². The third-order valence-corrected chi connectivity index (χ3v) is 5.93. The number of benzene rings is 1. The maximum atomic E-state index is 12.8. The van der Waals surface area contributed by atoms with E-state index < -0.39 is 29.4 Å². The zero-order valence-corrected chi connectivity index (χ0v) is 14.0. The van der Waals surface area contributed by atoms with Crippen molar-refractivity contribution in [2.45, 2.75) is 22.6 Å². The van der Waals surface area contributed by atoms with Gasteiger partial charge in [0.15, 0.2) is 11.5 Å². The first kappa shape index (κ1) is 15.9. The van der Waals surface area contributed by atoms with E-state index >= 15 is 0 Å². The zero-order chi connectivity index (χ0) is 17.6. The molecule has 1 N–H and O–H groups in total. The molecule has 3 aliphatic rings. The molecule has 1 atom stereocenters. The van der Waals surface area contributed by atoms with Gasteiger partial charge in [0, 0.05) is 30.8 Å². The number of nitrogens with zero attached hydrogens (tertiary/aromatic N) is 2. The smallest absolute Gasteiger partial charge is 0.344 e. The van der Waals surface area contributed by atoms with E-state index in [1.54, 1.807) is 6.07 Å². The Morgan fingerprint density at radius 1 is 1.28 bits per heavy atom. The number of anilines is 1. The quantitative estimate of drug-likeness (QED) is 0.797. The first-order valence-corrected chi connectivity index (χ1v) is 8.71. The van der Waals surface area contributed by atoms with Gasteiger partial charge >= 0.3 is 12.0 Å². The lowest BCUT2D eigenvalue weighted by Gasteiger charge is -2.28. The molecule has 0 spiro atoms. The minimum absolute atomic E-state index is 0.139. The predicted octanol–water partition coefficient (Wildman–Crippen LogP) is 0.710. The number of hydrogen-bond donors (Lipinski definition) is 1. The largest absolute Gasteiger partial charge is 0.453 e. The highest BCUT2D eigenvalue weighted by Gasteiger charge is 2.58. The van der Waals surface area contributed by atoms with Crippen LogP contribution >= 0.6 is 11.8 Å². The van der Waals surface area contributed by atoms with E-state index in [1.165, 1.54) is 16.7 Å². The van der Waals surface area contributed by atoms with Crippen LogP contribution in [0.25, 0.3) is 0 Å². The van der Waals surface area contributed by atoms with Crippen molar-refractivity contribution in [1.29, 1.82) is 0 Å². The maximum Gasteiger partial charge on any atom is 0.344 e. The number of nitrogens with one attached hydrogen (secondary N) is 1. The van der Waals surface area contributed by atoms with Gasteiger partial charge in [-0.1, -0.05) is 23.9 Å². The number of urea groups is 1. The molecule has 8 nitrogen and oxygen atoms in total. The third kappa shape index (κ3) is 2.38. The van der Waals surface area contributed by atoms with Crippen LogP contribution in [0.2, 0.25) is 0 Å². The molecule has 3 aliphatic heterocycles. The average Bonchev–Trinajstić information content (AvgIpc) is 3.26. The minimum atomic E-state index is -1.16. The van der Waals surface area contributed by atoms with Gasteiger partial charge in [0.05, 0.1) is 5.69 Å². The molecule has 0 radical (unpaired) electrons. The molecular weight excluding hydrogens is 346 g/mol. The highest BCUT2D eigenvalue weighted by Crippen LogP contribution is 2.56. The molecule has 1 unspecified atom stereocenters. The monoisotopic (exact) mass is 361 g/mol. The van der Waals surface area contributed by atoms with Gasteiger partial charge in [0.2, 0.25) is 5.91 Å². The molecule has 4 rings (SSSR count). The lowest BCUT2D eigenvalue weighted by Crippen LogP contribution is -2.48. The summed E-state index contributed by atoms with van der Waals surface area (Å²) in [7, 11) is 0. The van der Waals surface area contributed by atoms with E-state index in [0.29, 0.717) is 18.7 Å².